The Balaban J connectivity index is 3.51. The summed E-state index contributed by atoms with van der Waals surface area (Å²) in [6.07, 6.45) is 61.6. The van der Waals surface area contributed by atoms with E-state index in [0.29, 0.717) is 12.8 Å². The number of carbonyl (C=O) groups excluding carboxylic acids is 2. The van der Waals surface area contributed by atoms with Crippen molar-refractivity contribution in [2.24, 2.45) is 0 Å². The number of esters is 2. The number of hydrogen-bond donors (Lipinski definition) is 1. The van der Waals surface area contributed by atoms with Gasteiger partial charge in [0.05, 0.1) is 6.61 Å². The molecule has 56 heavy (non-hydrogen) atoms. The van der Waals surface area contributed by atoms with Crippen molar-refractivity contribution in [2.75, 3.05) is 13.2 Å². The van der Waals surface area contributed by atoms with E-state index in [-0.39, 0.29) is 25.2 Å². The maximum atomic E-state index is 12.2. The smallest absolute Gasteiger partial charge is 0.306 e. The molecule has 0 aromatic carbocycles. The highest BCUT2D eigenvalue weighted by Crippen LogP contribution is 2.15. The number of carbonyl (C=O) groups is 2. The Morgan fingerprint density at radius 3 is 1.16 bits per heavy atom. The van der Waals surface area contributed by atoms with Crippen LogP contribution in [0.4, 0.5) is 0 Å². The van der Waals surface area contributed by atoms with Crippen LogP contribution >= 0.6 is 0 Å². The molecule has 5 nitrogen and oxygen atoms in total. The molecule has 0 heterocycles. The molecule has 324 valence electrons. The van der Waals surface area contributed by atoms with E-state index in [1.165, 1.54) is 135 Å². The maximum Gasteiger partial charge on any atom is 0.306 e. The molecule has 0 aliphatic rings. The lowest BCUT2D eigenvalue weighted by Gasteiger charge is -2.15. The highest BCUT2D eigenvalue weighted by molar-refractivity contribution is 5.70. The van der Waals surface area contributed by atoms with E-state index in [2.05, 4.69) is 74.6 Å². The molecule has 1 atom stereocenters. The minimum atomic E-state index is -0.779. The van der Waals surface area contributed by atoms with Gasteiger partial charge in [-0.2, -0.15) is 0 Å². The zero-order valence-electron chi connectivity index (χ0n) is 36.9. The molecule has 0 fully saturated rings. The third-order valence-corrected chi connectivity index (χ3v) is 10.3. The van der Waals surface area contributed by atoms with Gasteiger partial charge in [0.2, 0.25) is 0 Å². The van der Waals surface area contributed by atoms with Crippen LogP contribution in [0.3, 0.4) is 0 Å². The quantitative estimate of drug-likeness (QED) is 0.0379. The van der Waals surface area contributed by atoms with Crippen LogP contribution in [0.5, 0.6) is 0 Å². The number of hydrogen-bond acceptors (Lipinski definition) is 5. The number of unbranched alkanes of at least 4 members (excludes halogenated alkanes) is 25. The Morgan fingerprint density at radius 1 is 0.429 bits per heavy atom. The van der Waals surface area contributed by atoms with Crippen molar-refractivity contribution in [1.29, 1.82) is 0 Å². The summed E-state index contributed by atoms with van der Waals surface area (Å²) in [5.74, 6) is -0.600. The van der Waals surface area contributed by atoms with E-state index in [4.69, 9.17) is 9.47 Å². The first kappa shape index (κ1) is 53.6. The van der Waals surface area contributed by atoms with Gasteiger partial charge in [0.25, 0.3) is 0 Å². The SMILES string of the molecule is CC/C=C\C/C=C\C/C=C\CCCCCCCCCC(=O)OC(CO)COC(=O)CCCCCCCCCCCCCCC/C=C\C/C=C\CCCCCCC. The molecule has 1 unspecified atom stereocenters. The predicted molar refractivity (Wildman–Crippen MR) is 242 cm³/mol. The molecule has 0 amide bonds. The van der Waals surface area contributed by atoms with Gasteiger partial charge in [0.1, 0.15) is 6.61 Å². The first-order chi connectivity index (χ1) is 27.6. The van der Waals surface area contributed by atoms with Crippen LogP contribution in [0.25, 0.3) is 0 Å². The van der Waals surface area contributed by atoms with Crippen LogP contribution in [0, 0.1) is 0 Å². The normalized spacial score (nSPS) is 12.7. The van der Waals surface area contributed by atoms with Crippen LogP contribution in [-0.2, 0) is 19.1 Å². The lowest BCUT2D eigenvalue weighted by atomic mass is 10.0. The zero-order chi connectivity index (χ0) is 40.7. The molecule has 0 spiro atoms. The van der Waals surface area contributed by atoms with Crippen LogP contribution in [-0.4, -0.2) is 36.4 Å². The van der Waals surface area contributed by atoms with E-state index in [0.717, 1.165) is 70.6 Å². The Bertz CT molecular complexity index is 977. The Kier molecular flexibility index (Phi) is 45.0. The van der Waals surface area contributed by atoms with Gasteiger partial charge < -0.3 is 14.6 Å². The average molecular weight is 783 g/mol. The second kappa shape index (κ2) is 47.0. The summed E-state index contributed by atoms with van der Waals surface area (Å²) in [6, 6.07) is 0. The monoisotopic (exact) mass is 783 g/mol. The highest BCUT2D eigenvalue weighted by Gasteiger charge is 2.16. The van der Waals surface area contributed by atoms with Crippen LogP contribution in [0.1, 0.15) is 232 Å². The van der Waals surface area contributed by atoms with Gasteiger partial charge in [-0.3, -0.25) is 9.59 Å². The predicted octanol–water partition coefficient (Wildman–Crippen LogP) is 15.5. The van der Waals surface area contributed by atoms with Crippen molar-refractivity contribution in [1.82, 2.24) is 0 Å². The number of ether oxygens (including phenoxy) is 2. The number of rotatable bonds is 43. The third-order valence-electron chi connectivity index (χ3n) is 10.3. The number of aliphatic hydroxyl groups excluding tert-OH is 1. The van der Waals surface area contributed by atoms with Crippen molar-refractivity contribution in [3.05, 3.63) is 60.8 Å². The Hall–Kier alpha value is -2.40. The largest absolute Gasteiger partial charge is 0.462 e. The van der Waals surface area contributed by atoms with Crippen LogP contribution in [0.2, 0.25) is 0 Å². The van der Waals surface area contributed by atoms with Gasteiger partial charge in [-0.15, -0.1) is 0 Å². The fraction of sp³-hybridized carbons (Fsp3) is 0.765. The molecule has 0 bridgehead atoms. The van der Waals surface area contributed by atoms with E-state index in [9.17, 15) is 14.7 Å². The minimum absolute atomic E-state index is 0.0710. The molecule has 0 aliphatic carbocycles. The molecular weight excluding hydrogens is 693 g/mol. The van der Waals surface area contributed by atoms with E-state index in [1.54, 1.807) is 0 Å². The molecular formula is C51H90O5. The zero-order valence-corrected chi connectivity index (χ0v) is 36.9. The second-order valence-corrected chi connectivity index (χ2v) is 15.8. The number of aliphatic hydroxyl groups is 1. The topological polar surface area (TPSA) is 72.8 Å². The second-order valence-electron chi connectivity index (χ2n) is 15.8. The highest BCUT2D eigenvalue weighted by atomic mass is 16.6. The lowest BCUT2D eigenvalue weighted by molar-refractivity contribution is -0.161. The van der Waals surface area contributed by atoms with E-state index in [1.807, 2.05) is 0 Å². The van der Waals surface area contributed by atoms with Crippen LogP contribution < -0.4 is 0 Å². The third kappa shape index (κ3) is 44.3. The molecule has 0 radical (unpaired) electrons. The molecule has 0 aromatic rings. The van der Waals surface area contributed by atoms with Gasteiger partial charge in [0, 0.05) is 12.8 Å². The fourth-order valence-electron chi connectivity index (χ4n) is 6.72. The standard InChI is InChI=1S/C51H90O5/c1-3-5-7-9-11-13-15-17-19-21-22-23-24-25-26-27-28-30-31-33-35-37-39-41-43-45-50(53)55-48-49(47-52)56-51(54)46-44-42-40-38-36-34-32-29-20-18-16-14-12-10-8-6-4-2/h6,8,12,14-15,17-18,20-22,49,52H,3-5,7,9-11,13,16,19,23-48H2,1-2H3/b8-6-,14-12-,17-15-,20-18-,22-21-. The molecule has 0 aromatic heterocycles. The summed E-state index contributed by atoms with van der Waals surface area (Å²) in [5.41, 5.74) is 0. The van der Waals surface area contributed by atoms with Gasteiger partial charge in [-0.1, -0.05) is 203 Å². The van der Waals surface area contributed by atoms with Gasteiger partial charge >= 0.3 is 11.9 Å². The Labute approximate surface area is 347 Å². The average Bonchev–Trinajstić information content (AvgIpc) is 3.20. The van der Waals surface area contributed by atoms with Gasteiger partial charge in [-0.25, -0.2) is 0 Å². The van der Waals surface area contributed by atoms with Crippen molar-refractivity contribution < 1.29 is 24.2 Å². The summed E-state index contributed by atoms with van der Waals surface area (Å²) >= 11 is 0. The van der Waals surface area contributed by atoms with Gasteiger partial charge in [0.15, 0.2) is 6.10 Å². The minimum Gasteiger partial charge on any atom is -0.462 e. The summed E-state index contributed by atoms with van der Waals surface area (Å²) < 4.78 is 10.7. The van der Waals surface area contributed by atoms with E-state index < -0.39 is 6.10 Å². The molecule has 0 saturated carbocycles. The van der Waals surface area contributed by atoms with Crippen molar-refractivity contribution in [2.45, 2.75) is 238 Å². The summed E-state index contributed by atoms with van der Waals surface area (Å²) in [7, 11) is 0. The maximum absolute atomic E-state index is 12.2. The molecule has 0 saturated heterocycles. The molecule has 0 aliphatic heterocycles. The van der Waals surface area contributed by atoms with Crippen LogP contribution in [0.15, 0.2) is 60.8 Å². The lowest BCUT2D eigenvalue weighted by Crippen LogP contribution is -2.28. The molecule has 1 N–H and O–H groups in total. The number of allylic oxidation sites excluding steroid dienone is 10. The summed E-state index contributed by atoms with van der Waals surface area (Å²) in [4.78, 5) is 24.4. The van der Waals surface area contributed by atoms with Gasteiger partial charge in [-0.05, 0) is 77.0 Å². The Morgan fingerprint density at radius 2 is 0.768 bits per heavy atom. The van der Waals surface area contributed by atoms with Crippen molar-refractivity contribution in [3.8, 4) is 0 Å². The van der Waals surface area contributed by atoms with Crippen molar-refractivity contribution in [3.63, 3.8) is 0 Å². The molecule has 5 heteroatoms. The van der Waals surface area contributed by atoms with Crippen molar-refractivity contribution >= 4 is 11.9 Å². The summed E-state index contributed by atoms with van der Waals surface area (Å²) in [5, 5.41) is 9.60. The fourth-order valence-corrected chi connectivity index (χ4v) is 6.72. The van der Waals surface area contributed by atoms with E-state index >= 15 is 0 Å². The molecule has 0 rings (SSSR count). The first-order valence-electron chi connectivity index (χ1n) is 23.8. The summed E-state index contributed by atoms with van der Waals surface area (Å²) in [6.45, 7) is 4.02. The first-order valence-corrected chi connectivity index (χ1v) is 23.8.